The Hall–Kier alpha value is -1.58. The number of phenolic OH excluding ortho intramolecular Hbond substituents is 1. The van der Waals surface area contributed by atoms with Gasteiger partial charge in [-0.3, -0.25) is 0 Å². The highest BCUT2D eigenvalue weighted by Crippen LogP contribution is 2.25. The summed E-state index contributed by atoms with van der Waals surface area (Å²) >= 11 is 0. The van der Waals surface area contributed by atoms with Gasteiger partial charge in [-0.1, -0.05) is 6.07 Å². The minimum atomic E-state index is -3.58. The highest BCUT2D eigenvalue weighted by molar-refractivity contribution is 7.89. The molecule has 1 aliphatic heterocycles. The number of nitrogens with zero attached hydrogens (tertiary/aromatic N) is 2. The molecule has 2 rings (SSSR count). The van der Waals surface area contributed by atoms with Crippen LogP contribution in [0.15, 0.2) is 18.2 Å². The number of phenols is 1. The molecule has 0 bridgehead atoms. The second kappa shape index (κ2) is 4.59. The number of nitriles is 1. The molecule has 18 heavy (non-hydrogen) atoms. The average molecular weight is 266 g/mol. The van der Waals surface area contributed by atoms with Gasteiger partial charge in [0.2, 0.25) is 10.0 Å². The summed E-state index contributed by atoms with van der Waals surface area (Å²) in [7, 11) is -3.58. The largest absolute Gasteiger partial charge is 0.508 e. The number of sulfonamides is 1. The predicted octanol–water partition coefficient (Wildman–Crippen LogP) is 0.992. The number of rotatable bonds is 2. The molecule has 0 aliphatic carbocycles. The van der Waals surface area contributed by atoms with Crippen molar-refractivity contribution >= 4 is 10.0 Å². The Kier molecular flexibility index (Phi) is 3.28. The van der Waals surface area contributed by atoms with E-state index in [4.69, 9.17) is 5.26 Å². The summed E-state index contributed by atoms with van der Waals surface area (Å²) in [4.78, 5) is 0. The van der Waals surface area contributed by atoms with E-state index in [1.807, 2.05) is 6.07 Å². The highest BCUT2D eigenvalue weighted by atomic mass is 32.2. The van der Waals surface area contributed by atoms with Crippen molar-refractivity contribution in [3.8, 4) is 11.8 Å². The maximum Gasteiger partial charge on any atom is 0.230 e. The lowest BCUT2D eigenvalue weighted by Crippen LogP contribution is -2.40. The van der Waals surface area contributed by atoms with Gasteiger partial charge < -0.3 is 5.11 Å². The molecule has 0 saturated heterocycles. The van der Waals surface area contributed by atoms with E-state index in [2.05, 4.69) is 0 Å². The van der Waals surface area contributed by atoms with E-state index in [0.717, 1.165) is 11.1 Å². The van der Waals surface area contributed by atoms with Crippen LogP contribution in [0.5, 0.6) is 5.75 Å². The fourth-order valence-corrected chi connectivity index (χ4v) is 3.27. The van der Waals surface area contributed by atoms with E-state index in [1.165, 1.54) is 11.2 Å². The summed E-state index contributed by atoms with van der Waals surface area (Å²) < 4.78 is 25.4. The van der Waals surface area contributed by atoms with Crippen LogP contribution in [0.2, 0.25) is 0 Å². The Morgan fingerprint density at radius 2 is 2.17 bits per heavy atom. The first-order chi connectivity index (χ1) is 8.45. The Morgan fingerprint density at radius 3 is 2.83 bits per heavy atom. The molecule has 0 spiro atoms. The van der Waals surface area contributed by atoms with Crippen molar-refractivity contribution in [1.29, 1.82) is 5.26 Å². The van der Waals surface area contributed by atoms with Gasteiger partial charge in [0.15, 0.2) is 5.25 Å². The monoisotopic (exact) mass is 266 g/mol. The van der Waals surface area contributed by atoms with Gasteiger partial charge in [0.25, 0.3) is 0 Å². The molecule has 5 nitrogen and oxygen atoms in total. The number of hydrogen-bond donors (Lipinski definition) is 1. The lowest BCUT2D eigenvalue weighted by molar-refractivity contribution is 0.386. The third kappa shape index (κ3) is 2.19. The third-order valence-corrected chi connectivity index (χ3v) is 5.19. The Morgan fingerprint density at radius 1 is 1.44 bits per heavy atom. The Bertz CT molecular complexity index is 604. The highest BCUT2D eigenvalue weighted by Gasteiger charge is 2.31. The van der Waals surface area contributed by atoms with Crippen molar-refractivity contribution in [1.82, 2.24) is 4.31 Å². The molecule has 1 aromatic carbocycles. The molecule has 6 heteroatoms. The second-order valence-electron chi connectivity index (χ2n) is 4.35. The second-order valence-corrected chi connectivity index (χ2v) is 6.61. The van der Waals surface area contributed by atoms with Crippen molar-refractivity contribution in [2.24, 2.45) is 0 Å². The standard InChI is InChI=1S/C12H14N2O3S/c1-9(7-13)18(16,17)14-5-4-10-2-3-12(15)6-11(10)8-14/h2-3,6,9,15H,4-5,8H2,1H3. The minimum absolute atomic E-state index is 0.126. The smallest absolute Gasteiger partial charge is 0.230 e. The number of aromatic hydroxyl groups is 1. The molecular weight excluding hydrogens is 252 g/mol. The van der Waals surface area contributed by atoms with Gasteiger partial charge in [-0.2, -0.15) is 9.57 Å². The van der Waals surface area contributed by atoms with Crippen molar-refractivity contribution in [3.63, 3.8) is 0 Å². The summed E-state index contributed by atoms with van der Waals surface area (Å²) in [5, 5.41) is 17.1. The van der Waals surface area contributed by atoms with Gasteiger partial charge in [0.05, 0.1) is 6.07 Å². The number of fused-ring (bicyclic) bond motifs is 1. The Labute approximate surface area is 106 Å². The fourth-order valence-electron chi connectivity index (χ4n) is 2.03. The number of hydrogen-bond acceptors (Lipinski definition) is 4. The van der Waals surface area contributed by atoms with Crippen LogP contribution in [0.25, 0.3) is 0 Å². The van der Waals surface area contributed by atoms with Gasteiger partial charge in [0, 0.05) is 13.1 Å². The SMILES string of the molecule is CC(C#N)S(=O)(=O)N1CCc2ccc(O)cc2C1. The lowest BCUT2D eigenvalue weighted by atomic mass is 10.0. The van der Waals surface area contributed by atoms with Crippen LogP contribution in [0, 0.1) is 11.3 Å². The first kappa shape index (κ1) is 12.9. The number of benzene rings is 1. The maximum atomic E-state index is 12.1. The summed E-state index contributed by atoms with van der Waals surface area (Å²) in [5.41, 5.74) is 1.85. The summed E-state index contributed by atoms with van der Waals surface area (Å²) in [6.07, 6.45) is 0.604. The molecule has 0 radical (unpaired) electrons. The zero-order chi connectivity index (χ0) is 13.3. The molecule has 1 N–H and O–H groups in total. The van der Waals surface area contributed by atoms with Gasteiger partial charge in [-0.05, 0) is 36.6 Å². The lowest BCUT2D eigenvalue weighted by Gasteiger charge is -2.28. The van der Waals surface area contributed by atoms with Gasteiger partial charge in [0.1, 0.15) is 5.75 Å². The zero-order valence-electron chi connectivity index (χ0n) is 10.00. The van der Waals surface area contributed by atoms with E-state index >= 15 is 0 Å². The van der Waals surface area contributed by atoms with Crippen LogP contribution in [0.4, 0.5) is 0 Å². The van der Waals surface area contributed by atoms with Crippen molar-refractivity contribution < 1.29 is 13.5 Å². The topological polar surface area (TPSA) is 81.4 Å². The maximum absolute atomic E-state index is 12.1. The van der Waals surface area contributed by atoms with E-state index in [1.54, 1.807) is 18.2 Å². The fraction of sp³-hybridized carbons (Fsp3) is 0.417. The van der Waals surface area contributed by atoms with Crippen LogP contribution in [-0.4, -0.2) is 29.6 Å². The van der Waals surface area contributed by atoms with Crippen LogP contribution < -0.4 is 0 Å². The van der Waals surface area contributed by atoms with E-state index < -0.39 is 15.3 Å². The molecule has 1 aliphatic rings. The minimum Gasteiger partial charge on any atom is -0.508 e. The molecule has 96 valence electrons. The molecule has 0 fully saturated rings. The normalized spacial score (nSPS) is 17.8. The zero-order valence-corrected chi connectivity index (χ0v) is 10.8. The van der Waals surface area contributed by atoms with E-state index in [-0.39, 0.29) is 12.3 Å². The molecule has 1 heterocycles. The van der Waals surface area contributed by atoms with Gasteiger partial charge >= 0.3 is 0 Å². The molecular formula is C12H14N2O3S. The van der Waals surface area contributed by atoms with Crippen molar-refractivity contribution in [2.45, 2.75) is 25.1 Å². The quantitative estimate of drug-likeness (QED) is 0.865. The van der Waals surface area contributed by atoms with E-state index in [9.17, 15) is 13.5 Å². The Balaban J connectivity index is 2.30. The first-order valence-electron chi connectivity index (χ1n) is 5.64. The molecule has 1 atom stereocenters. The predicted molar refractivity (Wildman–Crippen MR) is 66.2 cm³/mol. The molecule has 0 aromatic heterocycles. The van der Waals surface area contributed by atoms with Crippen LogP contribution in [0.1, 0.15) is 18.1 Å². The summed E-state index contributed by atoms with van der Waals surface area (Å²) in [6.45, 7) is 1.98. The van der Waals surface area contributed by atoms with E-state index in [0.29, 0.717) is 13.0 Å². The van der Waals surface area contributed by atoms with Gasteiger partial charge in [-0.15, -0.1) is 0 Å². The van der Waals surface area contributed by atoms with Crippen LogP contribution in [0.3, 0.4) is 0 Å². The van der Waals surface area contributed by atoms with Gasteiger partial charge in [-0.25, -0.2) is 8.42 Å². The van der Waals surface area contributed by atoms with Crippen LogP contribution >= 0.6 is 0 Å². The summed E-state index contributed by atoms with van der Waals surface area (Å²) in [6, 6.07) is 6.74. The van der Waals surface area contributed by atoms with Crippen molar-refractivity contribution in [2.75, 3.05) is 6.54 Å². The first-order valence-corrected chi connectivity index (χ1v) is 7.15. The van der Waals surface area contributed by atoms with Crippen molar-refractivity contribution in [3.05, 3.63) is 29.3 Å². The summed E-state index contributed by atoms with van der Waals surface area (Å²) in [5.74, 6) is 0.126. The third-order valence-electron chi connectivity index (χ3n) is 3.16. The average Bonchev–Trinajstić information content (AvgIpc) is 2.36. The molecule has 1 unspecified atom stereocenters. The molecule has 1 aromatic rings. The molecule has 0 saturated carbocycles. The molecule has 0 amide bonds. The van der Waals surface area contributed by atoms with Crippen LogP contribution in [-0.2, 0) is 23.0 Å².